The van der Waals surface area contributed by atoms with Crippen molar-refractivity contribution in [2.75, 3.05) is 30.4 Å². The van der Waals surface area contributed by atoms with Crippen LogP contribution in [0.15, 0.2) is 23.1 Å². The van der Waals surface area contributed by atoms with E-state index < -0.39 is 10.0 Å². The van der Waals surface area contributed by atoms with E-state index >= 15 is 0 Å². The van der Waals surface area contributed by atoms with Crippen LogP contribution in [0.5, 0.6) is 0 Å². The normalized spacial score (nSPS) is 14.2. The predicted octanol–water partition coefficient (Wildman–Crippen LogP) is 2.08. The summed E-state index contributed by atoms with van der Waals surface area (Å²) in [5.74, 6) is 1.08. The van der Waals surface area contributed by atoms with Crippen molar-refractivity contribution < 1.29 is 8.42 Å². The maximum absolute atomic E-state index is 12.1. The first-order chi connectivity index (χ1) is 9.13. The molecule has 0 saturated heterocycles. The molecule has 0 bridgehead atoms. The second kappa shape index (κ2) is 6.63. The zero-order valence-corrected chi connectivity index (χ0v) is 12.7. The van der Waals surface area contributed by atoms with Gasteiger partial charge in [-0.05, 0) is 55.0 Å². The zero-order chi connectivity index (χ0) is 13.7. The standard InChI is InChI=1S/C13H20N2O2S2/c1-18-9-3-2-7-15-19(16,17)12-4-5-13-11(10-12)6-8-14-13/h4-5,10,14-15H,2-3,6-9H2,1H3. The van der Waals surface area contributed by atoms with E-state index in [2.05, 4.69) is 16.3 Å². The van der Waals surface area contributed by atoms with Gasteiger partial charge in [-0.1, -0.05) is 0 Å². The molecule has 0 spiro atoms. The van der Waals surface area contributed by atoms with E-state index in [1.165, 1.54) is 0 Å². The first kappa shape index (κ1) is 14.7. The number of fused-ring (bicyclic) bond motifs is 1. The van der Waals surface area contributed by atoms with Crippen molar-refractivity contribution in [1.29, 1.82) is 0 Å². The monoisotopic (exact) mass is 300 g/mol. The third-order valence-corrected chi connectivity index (χ3v) is 5.32. The lowest BCUT2D eigenvalue weighted by Gasteiger charge is -2.08. The van der Waals surface area contributed by atoms with E-state index in [0.29, 0.717) is 11.4 Å². The number of rotatable bonds is 7. The van der Waals surface area contributed by atoms with Gasteiger partial charge in [0.25, 0.3) is 0 Å². The molecule has 0 saturated carbocycles. The summed E-state index contributed by atoms with van der Waals surface area (Å²) in [7, 11) is -3.35. The van der Waals surface area contributed by atoms with Crippen LogP contribution in [-0.2, 0) is 16.4 Å². The van der Waals surface area contributed by atoms with Crippen LogP contribution in [0.3, 0.4) is 0 Å². The number of thioether (sulfide) groups is 1. The Morgan fingerprint density at radius 2 is 2.21 bits per heavy atom. The number of nitrogens with one attached hydrogen (secondary N) is 2. The Labute approximate surface area is 119 Å². The highest BCUT2D eigenvalue weighted by Crippen LogP contribution is 2.24. The fourth-order valence-corrected chi connectivity index (χ4v) is 3.73. The zero-order valence-electron chi connectivity index (χ0n) is 11.1. The number of benzene rings is 1. The molecule has 0 aliphatic carbocycles. The molecule has 6 heteroatoms. The molecule has 1 aromatic carbocycles. The van der Waals surface area contributed by atoms with Crippen molar-refractivity contribution in [3.63, 3.8) is 0 Å². The lowest BCUT2D eigenvalue weighted by molar-refractivity contribution is 0.578. The largest absolute Gasteiger partial charge is 0.384 e. The number of unbranched alkanes of at least 4 members (excludes halogenated alkanes) is 1. The summed E-state index contributed by atoms with van der Waals surface area (Å²) in [4.78, 5) is 0.375. The molecule has 0 fully saturated rings. The smallest absolute Gasteiger partial charge is 0.240 e. The average molecular weight is 300 g/mol. The Hall–Kier alpha value is -0.720. The summed E-state index contributed by atoms with van der Waals surface area (Å²) >= 11 is 1.79. The highest BCUT2D eigenvalue weighted by molar-refractivity contribution is 7.98. The first-order valence-corrected chi connectivity index (χ1v) is 9.36. The first-order valence-electron chi connectivity index (χ1n) is 6.49. The lowest BCUT2D eigenvalue weighted by atomic mass is 10.2. The van der Waals surface area contributed by atoms with Crippen LogP contribution in [0.4, 0.5) is 5.69 Å². The summed E-state index contributed by atoms with van der Waals surface area (Å²) in [5, 5.41) is 3.23. The summed E-state index contributed by atoms with van der Waals surface area (Å²) < 4.78 is 26.9. The van der Waals surface area contributed by atoms with E-state index in [9.17, 15) is 8.42 Å². The minimum atomic E-state index is -3.35. The second-order valence-corrected chi connectivity index (χ2v) is 7.35. The van der Waals surface area contributed by atoms with Crippen LogP contribution in [0.2, 0.25) is 0 Å². The number of hydrogen-bond donors (Lipinski definition) is 2. The quantitative estimate of drug-likeness (QED) is 0.757. The average Bonchev–Trinajstić information content (AvgIpc) is 2.85. The number of anilines is 1. The van der Waals surface area contributed by atoms with Crippen LogP contribution < -0.4 is 10.0 Å². The van der Waals surface area contributed by atoms with Gasteiger partial charge < -0.3 is 5.32 Å². The van der Waals surface area contributed by atoms with Crippen molar-refractivity contribution in [1.82, 2.24) is 4.72 Å². The molecule has 0 amide bonds. The Bertz CT molecular complexity index is 529. The van der Waals surface area contributed by atoms with Gasteiger partial charge in [-0.15, -0.1) is 0 Å². The molecule has 1 aliphatic heterocycles. The van der Waals surface area contributed by atoms with Gasteiger partial charge in [-0.25, -0.2) is 13.1 Å². The molecule has 0 radical (unpaired) electrons. The molecule has 1 heterocycles. The molecular formula is C13H20N2O2S2. The molecule has 2 N–H and O–H groups in total. The lowest BCUT2D eigenvalue weighted by Crippen LogP contribution is -2.25. The maximum Gasteiger partial charge on any atom is 0.240 e. The maximum atomic E-state index is 12.1. The van der Waals surface area contributed by atoms with E-state index in [1.54, 1.807) is 23.9 Å². The van der Waals surface area contributed by atoms with Gasteiger partial charge in [0.1, 0.15) is 0 Å². The summed E-state index contributed by atoms with van der Waals surface area (Å²) in [6, 6.07) is 5.30. The molecule has 0 unspecified atom stereocenters. The summed E-state index contributed by atoms with van der Waals surface area (Å²) in [6.45, 7) is 1.40. The molecular weight excluding hydrogens is 280 g/mol. The van der Waals surface area contributed by atoms with Crippen molar-refractivity contribution in [2.24, 2.45) is 0 Å². The Balaban J connectivity index is 1.95. The van der Waals surface area contributed by atoms with E-state index in [4.69, 9.17) is 0 Å². The van der Waals surface area contributed by atoms with Crippen LogP contribution >= 0.6 is 11.8 Å². The third kappa shape index (κ3) is 3.87. The van der Waals surface area contributed by atoms with Gasteiger partial charge in [-0.2, -0.15) is 11.8 Å². The molecule has 19 heavy (non-hydrogen) atoms. The Kier molecular flexibility index (Phi) is 5.13. The summed E-state index contributed by atoms with van der Waals surface area (Å²) in [5.41, 5.74) is 2.14. The van der Waals surface area contributed by atoms with E-state index in [0.717, 1.165) is 42.8 Å². The van der Waals surface area contributed by atoms with Gasteiger partial charge in [0.05, 0.1) is 4.90 Å². The topological polar surface area (TPSA) is 58.2 Å². The van der Waals surface area contributed by atoms with Crippen molar-refractivity contribution in [3.05, 3.63) is 23.8 Å². The third-order valence-electron chi connectivity index (χ3n) is 3.16. The van der Waals surface area contributed by atoms with E-state index in [1.807, 2.05) is 6.07 Å². The van der Waals surface area contributed by atoms with Crippen LogP contribution in [-0.4, -0.2) is 33.5 Å². The van der Waals surface area contributed by atoms with Crippen molar-refractivity contribution in [3.8, 4) is 0 Å². The van der Waals surface area contributed by atoms with Gasteiger partial charge in [0.2, 0.25) is 10.0 Å². The Morgan fingerprint density at radius 1 is 1.37 bits per heavy atom. The molecule has 1 aromatic rings. The molecule has 1 aliphatic rings. The van der Waals surface area contributed by atoms with Crippen molar-refractivity contribution >= 4 is 27.5 Å². The van der Waals surface area contributed by atoms with Gasteiger partial charge in [0.15, 0.2) is 0 Å². The number of sulfonamides is 1. The molecule has 106 valence electrons. The van der Waals surface area contributed by atoms with Gasteiger partial charge in [0, 0.05) is 18.8 Å². The summed E-state index contributed by atoms with van der Waals surface area (Å²) in [6.07, 6.45) is 4.87. The highest BCUT2D eigenvalue weighted by atomic mass is 32.2. The molecule has 0 atom stereocenters. The van der Waals surface area contributed by atoms with E-state index in [-0.39, 0.29) is 0 Å². The molecule has 0 aromatic heterocycles. The molecule has 2 rings (SSSR count). The minimum Gasteiger partial charge on any atom is -0.384 e. The minimum absolute atomic E-state index is 0.375. The Morgan fingerprint density at radius 3 is 3.00 bits per heavy atom. The number of hydrogen-bond acceptors (Lipinski definition) is 4. The fraction of sp³-hybridized carbons (Fsp3) is 0.538. The highest BCUT2D eigenvalue weighted by Gasteiger charge is 2.17. The van der Waals surface area contributed by atoms with Gasteiger partial charge >= 0.3 is 0 Å². The van der Waals surface area contributed by atoms with Crippen LogP contribution in [0, 0.1) is 0 Å². The van der Waals surface area contributed by atoms with Gasteiger partial charge in [-0.3, -0.25) is 0 Å². The van der Waals surface area contributed by atoms with Crippen LogP contribution in [0.1, 0.15) is 18.4 Å². The van der Waals surface area contributed by atoms with Crippen molar-refractivity contribution in [2.45, 2.75) is 24.2 Å². The second-order valence-electron chi connectivity index (χ2n) is 4.59. The SMILES string of the molecule is CSCCCCNS(=O)(=O)c1ccc2c(c1)CCN2. The molecule has 4 nitrogen and oxygen atoms in total. The fourth-order valence-electron chi connectivity index (χ4n) is 2.11. The predicted molar refractivity (Wildman–Crippen MR) is 81.4 cm³/mol. The van der Waals surface area contributed by atoms with Crippen LogP contribution in [0.25, 0.3) is 0 Å².